The number of amides is 1. The van der Waals surface area contributed by atoms with E-state index in [9.17, 15) is 13.2 Å². The Balaban J connectivity index is 1.73. The van der Waals surface area contributed by atoms with Crippen molar-refractivity contribution in [2.45, 2.75) is 48.8 Å². The van der Waals surface area contributed by atoms with Gasteiger partial charge in [0.25, 0.3) is 10.0 Å². The number of hydrogen-bond donors (Lipinski definition) is 1. The second kappa shape index (κ2) is 9.01. The quantitative estimate of drug-likeness (QED) is 0.769. The third-order valence-corrected chi connectivity index (χ3v) is 8.76. The number of nitrogens with zero attached hydrogens (tertiary/aromatic N) is 2. The van der Waals surface area contributed by atoms with Crippen molar-refractivity contribution in [1.29, 1.82) is 0 Å². The lowest BCUT2D eigenvalue weighted by Crippen LogP contribution is -2.48. The van der Waals surface area contributed by atoms with Crippen LogP contribution in [0.15, 0.2) is 16.3 Å². The lowest BCUT2D eigenvalue weighted by atomic mass is 9.95. The zero-order valence-electron chi connectivity index (χ0n) is 14.8. The van der Waals surface area contributed by atoms with Crippen molar-refractivity contribution < 1.29 is 13.2 Å². The molecule has 0 bridgehead atoms. The largest absolute Gasteiger partial charge is 0.340 e. The Morgan fingerprint density at radius 2 is 1.92 bits per heavy atom. The number of hydrogen-bond acceptors (Lipinski definition) is 5. The predicted octanol–water partition coefficient (Wildman–Crippen LogP) is 2.55. The number of thiophene rings is 1. The molecule has 0 radical (unpaired) electrons. The van der Waals surface area contributed by atoms with E-state index in [1.807, 2.05) is 4.90 Å². The molecule has 9 heteroatoms. The van der Waals surface area contributed by atoms with Gasteiger partial charge in [-0.25, -0.2) is 8.42 Å². The molecule has 2 fully saturated rings. The van der Waals surface area contributed by atoms with Crippen LogP contribution in [-0.4, -0.2) is 62.3 Å². The van der Waals surface area contributed by atoms with Gasteiger partial charge in [0.15, 0.2) is 0 Å². The number of halogens is 1. The maximum Gasteiger partial charge on any atom is 0.252 e. The number of piperazine rings is 1. The normalized spacial score (nSPS) is 19.8. The average molecular weight is 420 g/mol. The van der Waals surface area contributed by atoms with Crippen LogP contribution in [0.25, 0.3) is 0 Å². The Kier molecular flexibility index (Phi) is 6.96. The first-order valence-corrected chi connectivity index (χ1v) is 11.9. The number of rotatable bonds is 6. The Morgan fingerprint density at radius 3 is 2.54 bits per heavy atom. The van der Waals surface area contributed by atoms with Crippen molar-refractivity contribution in [3.63, 3.8) is 0 Å². The van der Waals surface area contributed by atoms with Gasteiger partial charge in [0.2, 0.25) is 5.91 Å². The lowest BCUT2D eigenvalue weighted by Gasteiger charge is -2.34. The van der Waals surface area contributed by atoms with E-state index in [2.05, 4.69) is 5.32 Å². The zero-order chi connectivity index (χ0) is 18.6. The molecule has 1 amide bonds. The van der Waals surface area contributed by atoms with Crippen LogP contribution in [0.3, 0.4) is 0 Å². The first-order valence-electron chi connectivity index (χ1n) is 9.24. The van der Waals surface area contributed by atoms with E-state index in [4.69, 9.17) is 11.6 Å². The Labute approximate surface area is 164 Å². The minimum atomic E-state index is -3.62. The molecule has 2 aliphatic rings. The van der Waals surface area contributed by atoms with Gasteiger partial charge < -0.3 is 10.2 Å². The monoisotopic (exact) mass is 419 g/mol. The summed E-state index contributed by atoms with van der Waals surface area (Å²) < 4.78 is 28.6. The van der Waals surface area contributed by atoms with E-state index in [0.717, 1.165) is 56.5 Å². The molecule has 2 heterocycles. The van der Waals surface area contributed by atoms with Crippen molar-refractivity contribution in [3.8, 4) is 0 Å². The van der Waals surface area contributed by atoms with E-state index in [-0.39, 0.29) is 29.1 Å². The average Bonchev–Trinajstić information content (AvgIpc) is 3.10. The molecule has 1 aliphatic heterocycles. The third-order valence-electron chi connectivity index (χ3n) is 5.11. The first kappa shape index (κ1) is 20.1. The predicted molar refractivity (Wildman–Crippen MR) is 104 cm³/mol. The van der Waals surface area contributed by atoms with E-state index in [0.29, 0.717) is 17.4 Å². The summed E-state index contributed by atoms with van der Waals surface area (Å²) in [5.41, 5.74) is 0. The fraction of sp³-hybridized carbons (Fsp3) is 0.706. The maximum absolute atomic E-state index is 13.2. The van der Waals surface area contributed by atoms with Crippen molar-refractivity contribution in [3.05, 3.63) is 16.5 Å². The lowest BCUT2D eigenvalue weighted by molar-refractivity contribution is -0.131. The topological polar surface area (TPSA) is 69.7 Å². The molecule has 1 saturated carbocycles. The molecular formula is C17H26ClN3O3S2. The van der Waals surface area contributed by atoms with Gasteiger partial charge >= 0.3 is 0 Å². The highest BCUT2D eigenvalue weighted by molar-refractivity contribution is 7.91. The molecule has 3 rings (SSSR count). The summed E-state index contributed by atoms with van der Waals surface area (Å²) in [5.74, 6) is 0.0340. The van der Waals surface area contributed by atoms with E-state index < -0.39 is 10.0 Å². The van der Waals surface area contributed by atoms with Crippen molar-refractivity contribution in [2.24, 2.45) is 0 Å². The van der Waals surface area contributed by atoms with Crippen LogP contribution in [-0.2, 0) is 14.8 Å². The highest BCUT2D eigenvalue weighted by atomic mass is 35.5. The smallest absolute Gasteiger partial charge is 0.252 e. The summed E-state index contributed by atoms with van der Waals surface area (Å²) in [6.07, 6.45) is 5.17. The van der Waals surface area contributed by atoms with Gasteiger partial charge in [-0.2, -0.15) is 4.31 Å². The van der Waals surface area contributed by atoms with Gasteiger partial charge in [0.05, 0.1) is 4.34 Å². The number of carbonyl (C=O) groups excluding carboxylic acids is 1. The summed E-state index contributed by atoms with van der Waals surface area (Å²) in [5, 5.41) is 3.22. The minimum Gasteiger partial charge on any atom is -0.340 e. The molecule has 0 atom stereocenters. The summed E-state index contributed by atoms with van der Waals surface area (Å²) in [6, 6.07) is 3.16. The standard InChI is InChI=1S/C17H26ClN3O3S2/c18-15-6-7-17(25-15)26(23,24)21(14-4-2-1-3-5-14)11-8-16(22)20-12-9-19-10-13-20/h6-7,14,19H,1-5,8-13H2. The zero-order valence-corrected chi connectivity index (χ0v) is 17.2. The van der Waals surface area contributed by atoms with Gasteiger partial charge in [-0.15, -0.1) is 11.3 Å². The summed E-state index contributed by atoms with van der Waals surface area (Å²) in [4.78, 5) is 14.3. The van der Waals surface area contributed by atoms with Crippen LogP contribution >= 0.6 is 22.9 Å². The van der Waals surface area contributed by atoms with Crippen molar-refractivity contribution in [1.82, 2.24) is 14.5 Å². The van der Waals surface area contributed by atoms with Crippen LogP contribution in [0.5, 0.6) is 0 Å². The van der Waals surface area contributed by atoms with Gasteiger partial charge in [-0.3, -0.25) is 4.79 Å². The molecule has 0 unspecified atom stereocenters. The fourth-order valence-corrected chi connectivity index (χ4v) is 7.00. The van der Waals surface area contributed by atoms with Crippen molar-refractivity contribution >= 4 is 38.9 Å². The molecule has 146 valence electrons. The summed E-state index contributed by atoms with van der Waals surface area (Å²) in [7, 11) is -3.62. The summed E-state index contributed by atoms with van der Waals surface area (Å²) in [6.45, 7) is 3.21. The highest BCUT2D eigenvalue weighted by Crippen LogP contribution is 2.32. The Hall–Kier alpha value is -0.670. The molecule has 1 aromatic heterocycles. The number of carbonyl (C=O) groups is 1. The molecule has 6 nitrogen and oxygen atoms in total. The third kappa shape index (κ3) is 4.78. The number of sulfonamides is 1. The van der Waals surface area contributed by atoms with E-state index in [1.165, 1.54) is 0 Å². The molecule has 1 aromatic rings. The molecule has 1 saturated heterocycles. The van der Waals surface area contributed by atoms with Crippen LogP contribution in [0.1, 0.15) is 38.5 Å². The molecule has 26 heavy (non-hydrogen) atoms. The fourth-order valence-electron chi connectivity index (χ4n) is 3.70. The molecule has 1 aliphatic carbocycles. The minimum absolute atomic E-state index is 0.0227. The highest BCUT2D eigenvalue weighted by Gasteiger charge is 2.34. The van der Waals surface area contributed by atoms with Crippen LogP contribution in [0, 0.1) is 0 Å². The molecular weight excluding hydrogens is 394 g/mol. The van der Waals surface area contributed by atoms with E-state index >= 15 is 0 Å². The van der Waals surface area contributed by atoms with Gasteiger partial charge in [0, 0.05) is 45.2 Å². The Morgan fingerprint density at radius 1 is 1.23 bits per heavy atom. The van der Waals surface area contributed by atoms with Gasteiger partial charge in [0.1, 0.15) is 4.21 Å². The van der Waals surface area contributed by atoms with E-state index in [1.54, 1.807) is 16.4 Å². The Bertz CT molecular complexity index is 711. The van der Waals surface area contributed by atoms with Crippen molar-refractivity contribution in [2.75, 3.05) is 32.7 Å². The van der Waals surface area contributed by atoms with Crippen LogP contribution in [0.4, 0.5) is 0 Å². The molecule has 0 aromatic carbocycles. The maximum atomic E-state index is 13.2. The summed E-state index contributed by atoms with van der Waals surface area (Å²) >= 11 is 7.04. The molecule has 0 spiro atoms. The number of nitrogens with one attached hydrogen (secondary N) is 1. The van der Waals surface area contributed by atoms with Crippen LogP contribution in [0.2, 0.25) is 4.34 Å². The molecule has 1 N–H and O–H groups in total. The van der Waals surface area contributed by atoms with Crippen LogP contribution < -0.4 is 5.32 Å². The second-order valence-corrected chi connectivity index (χ2v) is 10.7. The van der Waals surface area contributed by atoms with Gasteiger partial charge in [-0.1, -0.05) is 30.9 Å². The first-order chi connectivity index (χ1) is 12.5. The second-order valence-electron chi connectivity index (χ2n) is 6.85. The SMILES string of the molecule is O=C(CCN(C1CCCCC1)S(=O)(=O)c1ccc(Cl)s1)N1CCNCC1. The van der Waals surface area contributed by atoms with Gasteiger partial charge in [-0.05, 0) is 25.0 Å².